The first kappa shape index (κ1) is 18.1. The Labute approximate surface area is 167 Å². The molecule has 3 aromatic rings. The minimum absolute atomic E-state index is 0.481. The lowest BCUT2D eigenvalue weighted by Gasteiger charge is -2.18. The molecular formula is C22H19N3O2S. The molecule has 0 fully saturated rings. The van der Waals surface area contributed by atoms with Crippen LogP contribution in [0.15, 0.2) is 48.0 Å². The summed E-state index contributed by atoms with van der Waals surface area (Å²) in [6, 6.07) is 14.1. The Bertz CT molecular complexity index is 1100. The Balaban J connectivity index is 1.55. The van der Waals surface area contributed by atoms with Crippen molar-refractivity contribution in [2.75, 3.05) is 18.5 Å². The third-order valence-electron chi connectivity index (χ3n) is 4.58. The van der Waals surface area contributed by atoms with E-state index in [9.17, 15) is 5.26 Å². The van der Waals surface area contributed by atoms with E-state index in [1.165, 1.54) is 22.5 Å². The molecule has 4 rings (SSSR count). The highest BCUT2D eigenvalue weighted by molar-refractivity contribution is 7.11. The van der Waals surface area contributed by atoms with Gasteiger partial charge in [-0.1, -0.05) is 12.1 Å². The van der Waals surface area contributed by atoms with Gasteiger partial charge in [-0.3, -0.25) is 0 Å². The largest absolute Gasteiger partial charge is 0.486 e. The first-order valence-electron chi connectivity index (χ1n) is 8.94. The van der Waals surface area contributed by atoms with Crippen molar-refractivity contribution in [3.63, 3.8) is 0 Å². The van der Waals surface area contributed by atoms with E-state index in [-0.39, 0.29) is 0 Å². The highest BCUT2D eigenvalue weighted by Crippen LogP contribution is 2.33. The van der Waals surface area contributed by atoms with E-state index in [2.05, 4.69) is 48.4 Å². The zero-order valence-corrected chi connectivity index (χ0v) is 16.5. The highest BCUT2D eigenvalue weighted by atomic mass is 32.1. The average Bonchev–Trinajstić information content (AvgIpc) is 3.20. The fraction of sp³-hybridized carbons (Fsp3) is 0.182. The van der Waals surface area contributed by atoms with Crippen molar-refractivity contribution < 1.29 is 9.47 Å². The van der Waals surface area contributed by atoms with Gasteiger partial charge in [-0.25, -0.2) is 4.98 Å². The predicted molar refractivity (Wildman–Crippen MR) is 112 cm³/mol. The Hall–Kier alpha value is -3.30. The average molecular weight is 389 g/mol. The zero-order chi connectivity index (χ0) is 19.5. The van der Waals surface area contributed by atoms with E-state index >= 15 is 0 Å². The van der Waals surface area contributed by atoms with Crippen LogP contribution in [0.2, 0.25) is 0 Å². The minimum Gasteiger partial charge on any atom is -0.486 e. The third kappa shape index (κ3) is 3.71. The number of nitriles is 1. The van der Waals surface area contributed by atoms with Crippen LogP contribution in [0.4, 0.5) is 5.69 Å². The second-order valence-electron chi connectivity index (χ2n) is 6.51. The molecule has 0 unspecified atom stereocenters. The molecular weight excluding hydrogens is 370 g/mol. The first-order chi connectivity index (χ1) is 13.6. The van der Waals surface area contributed by atoms with Gasteiger partial charge in [0.25, 0.3) is 0 Å². The van der Waals surface area contributed by atoms with E-state index < -0.39 is 0 Å². The van der Waals surface area contributed by atoms with Crippen molar-refractivity contribution in [3.8, 4) is 28.8 Å². The van der Waals surface area contributed by atoms with Gasteiger partial charge in [0.15, 0.2) is 11.5 Å². The molecule has 0 radical (unpaired) electrons. The van der Waals surface area contributed by atoms with Gasteiger partial charge in [0, 0.05) is 28.9 Å². The maximum atomic E-state index is 9.57. The summed E-state index contributed by atoms with van der Waals surface area (Å²) in [6.07, 6.45) is 1.68. The van der Waals surface area contributed by atoms with Crippen molar-refractivity contribution >= 4 is 22.6 Å². The van der Waals surface area contributed by atoms with Crippen LogP contribution in [0.5, 0.6) is 11.5 Å². The summed E-state index contributed by atoms with van der Waals surface area (Å²) in [5, 5.41) is 15.4. The van der Waals surface area contributed by atoms with Crippen LogP contribution in [0.3, 0.4) is 0 Å². The molecule has 0 spiro atoms. The Morgan fingerprint density at radius 1 is 1.11 bits per heavy atom. The van der Waals surface area contributed by atoms with Crippen molar-refractivity contribution in [2.24, 2.45) is 0 Å². The van der Waals surface area contributed by atoms with Gasteiger partial charge in [-0.15, -0.1) is 11.3 Å². The molecule has 1 aromatic heterocycles. The molecule has 140 valence electrons. The van der Waals surface area contributed by atoms with E-state index in [0.717, 1.165) is 22.7 Å². The number of hydrogen-bond acceptors (Lipinski definition) is 6. The number of aryl methyl sites for hydroxylation is 2. The molecule has 0 saturated carbocycles. The van der Waals surface area contributed by atoms with E-state index in [1.807, 2.05) is 23.6 Å². The van der Waals surface area contributed by atoms with Gasteiger partial charge in [0.05, 0.1) is 5.69 Å². The zero-order valence-electron chi connectivity index (χ0n) is 15.7. The van der Waals surface area contributed by atoms with Crippen LogP contribution in [0.25, 0.3) is 16.8 Å². The van der Waals surface area contributed by atoms with Crippen LogP contribution in [-0.4, -0.2) is 18.2 Å². The molecule has 6 heteroatoms. The van der Waals surface area contributed by atoms with Crippen LogP contribution < -0.4 is 14.8 Å². The molecule has 0 saturated heterocycles. The number of nitrogens with one attached hydrogen (secondary N) is 1. The molecule has 2 heterocycles. The van der Waals surface area contributed by atoms with Crippen LogP contribution in [0.1, 0.15) is 16.1 Å². The lowest BCUT2D eigenvalue weighted by Crippen LogP contribution is -2.15. The summed E-state index contributed by atoms with van der Waals surface area (Å²) in [4.78, 5) is 4.65. The Morgan fingerprint density at radius 2 is 1.93 bits per heavy atom. The fourth-order valence-electron chi connectivity index (χ4n) is 2.86. The molecule has 1 aliphatic rings. The summed E-state index contributed by atoms with van der Waals surface area (Å²) in [5.41, 5.74) is 5.72. The molecule has 5 nitrogen and oxygen atoms in total. The molecule has 28 heavy (non-hydrogen) atoms. The predicted octanol–water partition coefficient (Wildman–Crippen LogP) is 5.17. The lowest BCUT2D eigenvalue weighted by atomic mass is 10.1. The number of nitrogens with zero attached hydrogens (tertiary/aromatic N) is 2. The standard InChI is InChI=1S/C22H19N3O2S/c1-14-3-4-16(9-15(14)2)19-13-28-22(25-19)17(11-23)12-24-18-5-6-20-21(10-18)27-8-7-26-20/h3-6,9-10,12-13,24H,7-8H2,1-2H3/b17-12+. The van der Waals surface area contributed by atoms with Crippen molar-refractivity contribution in [2.45, 2.75) is 13.8 Å². The van der Waals surface area contributed by atoms with Gasteiger partial charge in [-0.05, 0) is 43.2 Å². The van der Waals surface area contributed by atoms with Gasteiger partial charge >= 0.3 is 0 Å². The first-order valence-corrected chi connectivity index (χ1v) is 9.82. The molecule has 2 aromatic carbocycles. The van der Waals surface area contributed by atoms with E-state index in [0.29, 0.717) is 29.5 Å². The number of rotatable bonds is 4. The molecule has 0 atom stereocenters. The number of ether oxygens (including phenoxy) is 2. The topological polar surface area (TPSA) is 67.2 Å². The smallest absolute Gasteiger partial charge is 0.163 e. The SMILES string of the molecule is Cc1ccc(-c2csc(/C(C#N)=C/Nc3ccc4c(c3)OCCO4)n2)cc1C. The number of fused-ring (bicyclic) bond motifs is 1. The number of thiazole rings is 1. The number of hydrogen-bond donors (Lipinski definition) is 1. The maximum Gasteiger partial charge on any atom is 0.163 e. The molecule has 0 bridgehead atoms. The lowest BCUT2D eigenvalue weighted by molar-refractivity contribution is 0.171. The number of benzene rings is 2. The summed E-state index contributed by atoms with van der Waals surface area (Å²) in [5.74, 6) is 1.44. The summed E-state index contributed by atoms with van der Waals surface area (Å²) in [7, 11) is 0. The molecule has 1 aliphatic heterocycles. The Morgan fingerprint density at radius 3 is 2.71 bits per heavy atom. The fourth-order valence-corrected chi connectivity index (χ4v) is 3.66. The highest BCUT2D eigenvalue weighted by Gasteiger charge is 2.12. The molecule has 0 amide bonds. The van der Waals surface area contributed by atoms with Crippen molar-refractivity contribution in [3.05, 3.63) is 64.1 Å². The minimum atomic E-state index is 0.481. The third-order valence-corrected chi connectivity index (χ3v) is 5.46. The van der Waals surface area contributed by atoms with Crippen molar-refractivity contribution in [1.82, 2.24) is 4.98 Å². The maximum absolute atomic E-state index is 9.57. The van der Waals surface area contributed by atoms with Gasteiger partial charge < -0.3 is 14.8 Å². The summed E-state index contributed by atoms with van der Waals surface area (Å²) in [6.45, 7) is 5.27. The molecule has 1 N–H and O–H groups in total. The second-order valence-corrected chi connectivity index (χ2v) is 7.37. The van der Waals surface area contributed by atoms with Gasteiger partial charge in [-0.2, -0.15) is 5.26 Å². The van der Waals surface area contributed by atoms with E-state index in [1.54, 1.807) is 6.20 Å². The quantitative estimate of drug-likeness (QED) is 0.623. The van der Waals surface area contributed by atoms with Crippen LogP contribution in [-0.2, 0) is 0 Å². The van der Waals surface area contributed by atoms with Crippen LogP contribution in [0, 0.1) is 25.2 Å². The number of allylic oxidation sites excluding steroid dienone is 1. The summed E-state index contributed by atoms with van der Waals surface area (Å²) < 4.78 is 11.1. The van der Waals surface area contributed by atoms with Gasteiger partial charge in [0.1, 0.15) is 29.9 Å². The number of anilines is 1. The normalized spacial score (nSPS) is 13.1. The Kier molecular flexibility index (Phi) is 5.00. The monoisotopic (exact) mass is 389 g/mol. The van der Waals surface area contributed by atoms with Crippen LogP contribution >= 0.6 is 11.3 Å². The van der Waals surface area contributed by atoms with Crippen molar-refractivity contribution in [1.29, 1.82) is 5.26 Å². The molecule has 0 aliphatic carbocycles. The second kappa shape index (κ2) is 7.75. The summed E-state index contributed by atoms with van der Waals surface area (Å²) >= 11 is 1.46. The van der Waals surface area contributed by atoms with E-state index in [4.69, 9.17) is 9.47 Å². The van der Waals surface area contributed by atoms with Gasteiger partial charge in [0.2, 0.25) is 0 Å². The number of aromatic nitrogens is 1.